The number of aromatic nitrogens is 1. The maximum Gasteiger partial charge on any atom is 0.244 e. The van der Waals surface area contributed by atoms with Crippen molar-refractivity contribution in [2.75, 3.05) is 7.05 Å². The van der Waals surface area contributed by atoms with E-state index in [9.17, 15) is 8.42 Å². The molecule has 1 heterocycles. The molecular weight excluding hydrogens is 286 g/mol. The van der Waals surface area contributed by atoms with Crippen LogP contribution in [-0.2, 0) is 23.6 Å². The molecule has 1 rings (SSSR count). The van der Waals surface area contributed by atoms with Gasteiger partial charge in [0.05, 0.1) is 0 Å². The Morgan fingerprint density at radius 3 is 2.43 bits per heavy atom. The van der Waals surface area contributed by atoms with Crippen LogP contribution >= 0.6 is 0 Å². The number of rotatable bonds is 7. The van der Waals surface area contributed by atoms with Crippen LogP contribution in [0, 0.1) is 0 Å². The van der Waals surface area contributed by atoms with E-state index in [0.717, 1.165) is 12.1 Å². The van der Waals surface area contributed by atoms with Gasteiger partial charge in [0, 0.05) is 44.1 Å². The molecule has 5 nitrogen and oxygen atoms in total. The van der Waals surface area contributed by atoms with Crippen LogP contribution in [0.2, 0.25) is 0 Å². The Bertz CT molecular complexity index is 574. The van der Waals surface area contributed by atoms with Crippen LogP contribution in [0.1, 0.15) is 46.7 Å². The molecule has 122 valence electrons. The average Bonchev–Trinajstić information content (AvgIpc) is 2.77. The van der Waals surface area contributed by atoms with Gasteiger partial charge in [-0.25, -0.2) is 8.42 Å². The molecule has 0 aliphatic heterocycles. The smallest absolute Gasteiger partial charge is 0.244 e. The molecule has 0 radical (unpaired) electrons. The van der Waals surface area contributed by atoms with Crippen molar-refractivity contribution >= 4 is 10.0 Å². The monoisotopic (exact) mass is 315 g/mol. The normalized spacial score (nSPS) is 13.4. The molecule has 0 amide bonds. The van der Waals surface area contributed by atoms with Crippen LogP contribution in [0.15, 0.2) is 17.2 Å². The van der Waals surface area contributed by atoms with Gasteiger partial charge in [-0.3, -0.25) is 0 Å². The topological polar surface area (TPSA) is 54.3 Å². The van der Waals surface area contributed by atoms with E-state index in [1.54, 1.807) is 19.3 Å². The van der Waals surface area contributed by atoms with Gasteiger partial charge in [0.15, 0.2) is 0 Å². The van der Waals surface area contributed by atoms with Crippen molar-refractivity contribution in [3.05, 3.63) is 18.0 Å². The highest BCUT2D eigenvalue weighted by Crippen LogP contribution is 2.26. The molecule has 0 unspecified atom stereocenters. The molecule has 1 aromatic heterocycles. The summed E-state index contributed by atoms with van der Waals surface area (Å²) in [5, 5.41) is 3.31. The van der Waals surface area contributed by atoms with E-state index in [0.29, 0.717) is 17.5 Å². The average molecular weight is 315 g/mol. The van der Waals surface area contributed by atoms with Gasteiger partial charge in [-0.05, 0) is 26.3 Å². The highest BCUT2D eigenvalue weighted by molar-refractivity contribution is 7.89. The lowest BCUT2D eigenvalue weighted by Crippen LogP contribution is -2.44. The summed E-state index contributed by atoms with van der Waals surface area (Å²) in [7, 11) is 0.0627. The molecule has 0 aliphatic rings. The van der Waals surface area contributed by atoms with Crippen molar-refractivity contribution in [1.29, 1.82) is 0 Å². The van der Waals surface area contributed by atoms with Gasteiger partial charge in [0.2, 0.25) is 10.0 Å². The molecule has 0 fully saturated rings. The number of nitrogens with one attached hydrogen (secondary N) is 1. The van der Waals surface area contributed by atoms with Crippen molar-refractivity contribution in [3.63, 3.8) is 0 Å². The van der Waals surface area contributed by atoms with Crippen LogP contribution in [0.3, 0.4) is 0 Å². The second-order valence-corrected chi connectivity index (χ2v) is 8.42. The summed E-state index contributed by atoms with van der Waals surface area (Å²) in [4.78, 5) is 0.356. The first-order valence-electron chi connectivity index (χ1n) is 7.40. The Balaban J connectivity index is 3.08. The quantitative estimate of drug-likeness (QED) is 0.840. The summed E-state index contributed by atoms with van der Waals surface area (Å²) in [6.07, 6.45) is 2.45. The first-order chi connectivity index (χ1) is 9.52. The zero-order valence-electron chi connectivity index (χ0n) is 14.3. The third kappa shape index (κ3) is 4.08. The maximum atomic E-state index is 12.7. The maximum absolute atomic E-state index is 12.7. The van der Waals surface area contributed by atoms with Crippen LogP contribution in [0.4, 0.5) is 0 Å². The minimum absolute atomic E-state index is 0.356. The molecule has 0 aliphatic carbocycles. The van der Waals surface area contributed by atoms with E-state index in [1.165, 1.54) is 4.31 Å². The van der Waals surface area contributed by atoms with Crippen LogP contribution in [-0.4, -0.2) is 35.9 Å². The molecule has 0 aromatic carbocycles. The van der Waals surface area contributed by atoms with Gasteiger partial charge in [-0.2, -0.15) is 4.31 Å². The molecule has 0 atom stereocenters. The molecule has 0 saturated heterocycles. The highest BCUT2D eigenvalue weighted by atomic mass is 32.2. The Morgan fingerprint density at radius 2 is 1.95 bits per heavy atom. The highest BCUT2D eigenvalue weighted by Gasteiger charge is 2.33. The predicted octanol–water partition coefficient (Wildman–Crippen LogP) is 2.33. The number of sulfonamides is 1. The SMILES string of the molecule is CCC(C)(C)N(C)S(=O)(=O)c1cc(CNC(C)C)n(C)c1. The number of aryl methyl sites for hydroxylation is 1. The number of hydrogen-bond acceptors (Lipinski definition) is 3. The summed E-state index contributed by atoms with van der Waals surface area (Å²) in [6.45, 7) is 10.7. The van der Waals surface area contributed by atoms with Crippen LogP contribution in [0.25, 0.3) is 0 Å². The van der Waals surface area contributed by atoms with E-state index >= 15 is 0 Å². The lowest BCUT2D eigenvalue weighted by Gasteiger charge is -2.33. The number of hydrogen-bond donors (Lipinski definition) is 1. The van der Waals surface area contributed by atoms with E-state index in [2.05, 4.69) is 19.2 Å². The van der Waals surface area contributed by atoms with Crippen molar-refractivity contribution < 1.29 is 8.42 Å². The van der Waals surface area contributed by atoms with E-state index < -0.39 is 15.6 Å². The van der Waals surface area contributed by atoms with Crippen molar-refractivity contribution in [2.24, 2.45) is 7.05 Å². The minimum Gasteiger partial charge on any atom is -0.352 e. The van der Waals surface area contributed by atoms with Gasteiger partial charge in [-0.15, -0.1) is 0 Å². The summed E-state index contributed by atoms with van der Waals surface area (Å²) in [5.74, 6) is 0. The molecule has 1 N–H and O–H groups in total. The predicted molar refractivity (Wildman–Crippen MR) is 86.7 cm³/mol. The second kappa shape index (κ2) is 6.50. The first kappa shape index (κ1) is 18.2. The first-order valence-corrected chi connectivity index (χ1v) is 8.84. The van der Waals surface area contributed by atoms with Crippen molar-refractivity contribution in [1.82, 2.24) is 14.2 Å². The second-order valence-electron chi connectivity index (χ2n) is 6.45. The fourth-order valence-corrected chi connectivity index (χ4v) is 3.58. The third-order valence-electron chi connectivity index (χ3n) is 4.15. The van der Waals surface area contributed by atoms with Gasteiger partial charge in [0.25, 0.3) is 0 Å². The molecule has 0 bridgehead atoms. The minimum atomic E-state index is -3.46. The zero-order chi connectivity index (χ0) is 16.4. The molecule has 6 heteroatoms. The van der Waals surface area contributed by atoms with Gasteiger partial charge < -0.3 is 9.88 Å². The molecule has 1 aromatic rings. The fraction of sp³-hybridized carbons (Fsp3) is 0.733. The van der Waals surface area contributed by atoms with Crippen molar-refractivity contribution in [2.45, 2.75) is 64.1 Å². The largest absolute Gasteiger partial charge is 0.352 e. The molecular formula is C15H29N3O2S. The lowest BCUT2D eigenvalue weighted by atomic mass is 10.0. The van der Waals surface area contributed by atoms with E-state index in [-0.39, 0.29) is 0 Å². The summed E-state index contributed by atoms with van der Waals surface area (Å²) in [5.41, 5.74) is 0.565. The Hall–Kier alpha value is -0.850. The summed E-state index contributed by atoms with van der Waals surface area (Å²) in [6, 6.07) is 2.12. The third-order valence-corrected chi connectivity index (χ3v) is 6.18. The standard InChI is InChI=1S/C15H29N3O2S/c1-8-15(4,5)18(7)21(19,20)14-9-13(17(6)11-14)10-16-12(2)3/h9,11-12,16H,8,10H2,1-7H3. The fourth-order valence-electron chi connectivity index (χ4n) is 1.91. The lowest BCUT2D eigenvalue weighted by molar-refractivity contribution is 0.257. The molecule has 21 heavy (non-hydrogen) atoms. The molecule has 0 spiro atoms. The molecule has 0 saturated carbocycles. The van der Waals surface area contributed by atoms with Crippen LogP contribution in [0.5, 0.6) is 0 Å². The Kier molecular flexibility index (Phi) is 5.63. The van der Waals surface area contributed by atoms with Gasteiger partial charge in [-0.1, -0.05) is 20.8 Å². The van der Waals surface area contributed by atoms with Gasteiger partial charge >= 0.3 is 0 Å². The number of nitrogens with zero attached hydrogens (tertiary/aromatic N) is 2. The van der Waals surface area contributed by atoms with E-state index in [1.807, 2.05) is 32.4 Å². The Labute approximate surface area is 129 Å². The summed E-state index contributed by atoms with van der Waals surface area (Å²) < 4.78 is 28.8. The van der Waals surface area contributed by atoms with Gasteiger partial charge in [0.1, 0.15) is 4.90 Å². The van der Waals surface area contributed by atoms with Crippen molar-refractivity contribution in [3.8, 4) is 0 Å². The van der Waals surface area contributed by atoms with E-state index in [4.69, 9.17) is 0 Å². The van der Waals surface area contributed by atoms with Crippen LogP contribution < -0.4 is 5.32 Å². The summed E-state index contributed by atoms with van der Waals surface area (Å²) >= 11 is 0. The Morgan fingerprint density at radius 1 is 1.38 bits per heavy atom. The zero-order valence-corrected chi connectivity index (χ0v) is 15.1.